The molecule has 0 saturated heterocycles. The molecule has 12 nitrogen and oxygen atoms in total. The fourth-order valence-corrected chi connectivity index (χ4v) is 10.8. The number of hydrogen-bond donors (Lipinski definition) is 7. The Hall–Kier alpha value is -5.92. The molecule has 346 valence electrons. The molecule has 7 N–H and O–H groups in total. The van der Waals surface area contributed by atoms with Gasteiger partial charge >= 0.3 is 0 Å². The summed E-state index contributed by atoms with van der Waals surface area (Å²) in [6, 6.07) is 18.3. The zero-order chi connectivity index (χ0) is 46.0. The van der Waals surface area contributed by atoms with E-state index in [1.807, 2.05) is 42.5 Å². The molecule has 1 aliphatic heterocycles. The number of aromatic nitrogens is 2. The first-order valence-corrected chi connectivity index (χ1v) is 23.5. The number of H-pyrrole nitrogens is 1. The number of aryl methyl sites for hydroxylation is 3. The van der Waals surface area contributed by atoms with Gasteiger partial charge in [0.25, 0.3) is 0 Å². The van der Waals surface area contributed by atoms with E-state index in [0.717, 1.165) is 53.5 Å². The Morgan fingerprint density at radius 1 is 0.894 bits per heavy atom. The standard InChI is InChI=1S/C54H59N3O9/c58-23-4-6-33-11-12-35-27-37(33)28-36-16-21-56-53(36)57-31-38-29-45-41(17-22-55-45)44(30-54(65)19-14-34-5-3-9-46(60)40(34)15-20-54)49(38)52(64)42(18-24-59)47(61)13-10-32-25-43(50(35)62)51(63)48(26-32)66-39-7-1-2-8-39/h3,5,9,11-12,15-17,20-22,25-27,29,39,42,44,49-50,56,58-60,62-63,65H,1-2,4,6-8,10,13-14,18-19,23-24,28,30-31H2/q-2/t42-,44-,49-,50+,54-/m1/s1. The fraction of sp³-hybridized carbons (Fsp3) is 0.407. The third-order valence-corrected chi connectivity index (χ3v) is 14.4. The lowest BCUT2D eigenvalue weighted by atomic mass is 9.67. The van der Waals surface area contributed by atoms with Crippen LogP contribution in [0.2, 0.25) is 0 Å². The monoisotopic (exact) mass is 893 g/mol. The van der Waals surface area contributed by atoms with Gasteiger partial charge in [-0.3, -0.25) is 9.59 Å². The van der Waals surface area contributed by atoms with Crippen molar-refractivity contribution in [1.29, 1.82) is 0 Å². The number of aliphatic hydroxyl groups excluding tert-OH is 3. The Morgan fingerprint density at radius 2 is 1.74 bits per heavy atom. The van der Waals surface area contributed by atoms with Gasteiger partial charge in [-0.2, -0.15) is 6.20 Å². The van der Waals surface area contributed by atoms with Crippen molar-refractivity contribution < 1.29 is 45.0 Å². The maximum absolute atomic E-state index is 15.5. The van der Waals surface area contributed by atoms with Crippen LogP contribution in [0, 0.1) is 11.8 Å². The summed E-state index contributed by atoms with van der Waals surface area (Å²) >= 11 is 0. The highest BCUT2D eigenvalue weighted by Crippen LogP contribution is 2.48. The number of aromatic amines is 1. The van der Waals surface area contributed by atoms with E-state index in [1.54, 1.807) is 48.8 Å². The largest absolute Gasteiger partial charge is 0.664 e. The molecular weight excluding hydrogens is 835 g/mol. The van der Waals surface area contributed by atoms with Gasteiger partial charge in [0.1, 0.15) is 17.6 Å². The Balaban J connectivity index is 1.14. The Bertz CT molecular complexity index is 2640. The summed E-state index contributed by atoms with van der Waals surface area (Å²) in [5, 5.41) is 72.4. The first-order chi connectivity index (χ1) is 32.0. The lowest BCUT2D eigenvalue weighted by Crippen LogP contribution is -2.40. The number of hydrogen-bond acceptors (Lipinski definition) is 9. The van der Waals surface area contributed by atoms with E-state index in [4.69, 9.17) is 10.1 Å². The highest BCUT2D eigenvalue weighted by atomic mass is 16.5. The van der Waals surface area contributed by atoms with E-state index in [-0.39, 0.29) is 79.3 Å². The number of aliphatic hydroxyl groups is 4. The molecule has 3 aliphatic carbocycles. The molecule has 0 radical (unpaired) electrons. The minimum Gasteiger partial charge on any atom is -0.664 e. The average molecular weight is 894 g/mol. The second kappa shape index (κ2) is 19.5. The lowest BCUT2D eigenvalue weighted by Gasteiger charge is -2.40. The molecule has 66 heavy (non-hydrogen) atoms. The fourth-order valence-electron chi connectivity index (χ4n) is 10.8. The van der Waals surface area contributed by atoms with Crippen molar-refractivity contribution in [3.8, 4) is 17.2 Å². The number of fused-ring (bicyclic) bond motifs is 8. The van der Waals surface area contributed by atoms with Crippen LogP contribution in [0.1, 0.15) is 126 Å². The second-order valence-corrected chi connectivity index (χ2v) is 18.7. The molecule has 4 bridgehead atoms. The van der Waals surface area contributed by atoms with Gasteiger partial charge in [0.15, 0.2) is 17.3 Å². The minimum atomic E-state index is -1.40. The highest BCUT2D eigenvalue weighted by Gasteiger charge is 2.43. The Kier molecular flexibility index (Phi) is 13.4. The smallest absolute Gasteiger partial charge is 0.163 e. The van der Waals surface area contributed by atoms with Gasteiger partial charge in [-0.15, -0.1) is 5.69 Å². The van der Waals surface area contributed by atoms with Crippen LogP contribution in [-0.2, 0) is 35.3 Å². The summed E-state index contributed by atoms with van der Waals surface area (Å²) in [7, 11) is 0. The van der Waals surface area contributed by atoms with Crippen molar-refractivity contribution in [2.45, 2.75) is 107 Å². The number of phenolic OH excluding ortho intramolecular Hbond substituents is 2. The van der Waals surface area contributed by atoms with Gasteiger partial charge in [0, 0.05) is 36.7 Å². The molecule has 0 spiro atoms. The van der Waals surface area contributed by atoms with Crippen LogP contribution in [0.5, 0.6) is 17.2 Å². The van der Waals surface area contributed by atoms with Gasteiger partial charge in [-0.05, 0) is 141 Å². The Morgan fingerprint density at radius 3 is 2.56 bits per heavy atom. The maximum Gasteiger partial charge on any atom is 0.163 e. The third kappa shape index (κ3) is 9.37. The number of carbonyl (C=O) groups is 2. The van der Waals surface area contributed by atoms with Gasteiger partial charge in [-0.25, -0.2) is 0 Å². The van der Waals surface area contributed by atoms with Crippen molar-refractivity contribution >= 4 is 29.5 Å². The summed E-state index contributed by atoms with van der Waals surface area (Å²) in [5.74, 6) is -2.66. The molecular formula is C54H59N3O9-2. The topological polar surface area (TPSA) is 209 Å². The summed E-state index contributed by atoms with van der Waals surface area (Å²) < 4.78 is 6.39. The zero-order valence-corrected chi connectivity index (χ0v) is 37.2. The molecule has 9 rings (SSSR count). The van der Waals surface area contributed by atoms with Crippen molar-refractivity contribution in [2.24, 2.45) is 11.8 Å². The number of benzene rings is 3. The molecule has 4 aliphatic rings. The molecule has 0 unspecified atom stereocenters. The number of ketones is 2. The van der Waals surface area contributed by atoms with Gasteiger partial charge in [0.05, 0.1) is 17.6 Å². The predicted molar refractivity (Wildman–Crippen MR) is 251 cm³/mol. The zero-order valence-electron chi connectivity index (χ0n) is 37.2. The van der Waals surface area contributed by atoms with E-state index in [9.17, 15) is 35.4 Å². The molecule has 1 fully saturated rings. The van der Waals surface area contributed by atoms with Gasteiger partial charge in [0.2, 0.25) is 0 Å². The van der Waals surface area contributed by atoms with Crippen molar-refractivity contribution in [2.75, 3.05) is 19.8 Å². The van der Waals surface area contributed by atoms with Crippen LogP contribution in [0.25, 0.3) is 17.5 Å². The predicted octanol–water partition coefficient (Wildman–Crippen LogP) is 7.97. The van der Waals surface area contributed by atoms with E-state index in [1.165, 1.54) is 0 Å². The summed E-state index contributed by atoms with van der Waals surface area (Å²) in [4.78, 5) is 38.0. The van der Waals surface area contributed by atoms with Crippen LogP contribution >= 0.6 is 0 Å². The Labute approximate surface area is 385 Å². The number of rotatable bonds is 9. The van der Waals surface area contributed by atoms with Crippen LogP contribution in [0.15, 0.2) is 84.7 Å². The second-order valence-electron chi connectivity index (χ2n) is 18.7. The normalized spacial score (nSPS) is 23.5. The van der Waals surface area contributed by atoms with Crippen LogP contribution < -0.4 is 9.72 Å². The number of nitrogens with zero attached hydrogens (tertiary/aromatic N) is 2. The molecule has 12 heteroatoms. The number of aromatic hydroxyl groups is 2. The van der Waals surface area contributed by atoms with Crippen LogP contribution in [0.4, 0.5) is 5.82 Å². The molecule has 5 atom stereocenters. The summed E-state index contributed by atoms with van der Waals surface area (Å²) in [6.45, 7) is -0.313. The minimum absolute atomic E-state index is 0.0154. The van der Waals surface area contributed by atoms with Gasteiger partial charge in [-0.1, -0.05) is 83.8 Å². The van der Waals surface area contributed by atoms with Crippen LogP contribution in [0.3, 0.4) is 0 Å². The van der Waals surface area contributed by atoms with Crippen LogP contribution in [-0.4, -0.2) is 78.7 Å². The molecule has 3 heterocycles. The van der Waals surface area contributed by atoms with E-state index in [2.05, 4.69) is 9.97 Å². The van der Waals surface area contributed by atoms with Crippen molar-refractivity contribution in [3.05, 3.63) is 146 Å². The molecule has 1 saturated carbocycles. The molecule has 5 aromatic rings. The number of phenols is 2. The number of nitrogens with one attached hydrogen (secondary N) is 1. The van der Waals surface area contributed by atoms with E-state index < -0.39 is 36.1 Å². The number of ether oxygens (including phenoxy) is 1. The molecule has 3 aromatic carbocycles. The van der Waals surface area contributed by atoms with E-state index >= 15 is 4.79 Å². The van der Waals surface area contributed by atoms with Crippen molar-refractivity contribution in [3.63, 3.8) is 0 Å². The van der Waals surface area contributed by atoms with Crippen molar-refractivity contribution in [1.82, 2.24) is 9.97 Å². The number of carbonyl (C=O) groups excluding carboxylic acids is 2. The molecule has 0 amide bonds. The number of Topliss-reactive ketones (excluding diaryl/α,β-unsaturated/α-hetero) is 2. The third-order valence-electron chi connectivity index (χ3n) is 14.4. The maximum atomic E-state index is 15.5. The first kappa shape index (κ1) is 45.2. The lowest BCUT2D eigenvalue weighted by molar-refractivity contribution is -0.135. The summed E-state index contributed by atoms with van der Waals surface area (Å²) in [5.41, 5.74) is 6.43. The average Bonchev–Trinajstić information content (AvgIpc) is 4.09. The van der Waals surface area contributed by atoms with Gasteiger partial charge < -0.3 is 50.7 Å². The first-order valence-electron chi connectivity index (χ1n) is 23.5. The van der Waals surface area contributed by atoms with E-state index in [0.29, 0.717) is 65.9 Å². The highest BCUT2D eigenvalue weighted by molar-refractivity contribution is 6.05. The quantitative estimate of drug-likeness (QED) is 0.0710. The molecule has 2 aromatic heterocycles. The summed E-state index contributed by atoms with van der Waals surface area (Å²) in [6.07, 6.45) is 13.7. The SMILES string of the molecule is O=C1CCc2cc(OC3CCCC3)c(O)c(c2)[C@@H](O)c2ccc(CCCO)c(c2)Cc2cc[nH]c2[N-]CC2=Cc3[n-]ccc3[C@@H](C[C@]3(O)C=Cc4c(O)cccc4CC3)[C@@H]2C(=O)[C@@H]1CCO.